The average Bonchev–Trinajstić information content (AvgIpc) is 2.97. The van der Waals surface area contributed by atoms with Crippen molar-refractivity contribution in [1.82, 2.24) is 0 Å². The van der Waals surface area contributed by atoms with Gasteiger partial charge in [0.05, 0.1) is 0 Å². The summed E-state index contributed by atoms with van der Waals surface area (Å²) >= 11 is 0. The summed E-state index contributed by atoms with van der Waals surface area (Å²) in [4.78, 5) is 0. The van der Waals surface area contributed by atoms with Crippen LogP contribution in [0, 0.1) is 34.5 Å². The Morgan fingerprint density at radius 1 is 1.14 bits per heavy atom. The van der Waals surface area contributed by atoms with Crippen LogP contribution in [0.4, 0.5) is 0 Å². The lowest BCUT2D eigenvalue weighted by Gasteiger charge is -2.43. The Bertz CT molecular complexity index is 581. The fraction of sp³-hybridized carbons (Fsp3) is 0.862. The molecular formula is C29H50. The SMILES string of the molecule is C=C(C)CC1C/C2=C/CC3(C)CCC(CCCCC3CCCCC(C)C)C2(C)C1. The lowest BCUT2D eigenvalue weighted by atomic mass is 9.61. The monoisotopic (exact) mass is 398 g/mol. The molecule has 0 radical (unpaired) electrons. The van der Waals surface area contributed by atoms with E-state index in [9.17, 15) is 0 Å². The lowest BCUT2D eigenvalue weighted by Crippen LogP contribution is -2.33. The normalized spacial score (nSPS) is 39.7. The van der Waals surface area contributed by atoms with E-state index in [0.29, 0.717) is 10.8 Å². The van der Waals surface area contributed by atoms with Gasteiger partial charge >= 0.3 is 0 Å². The Kier molecular flexibility index (Phi) is 7.77. The lowest BCUT2D eigenvalue weighted by molar-refractivity contribution is 0.112. The van der Waals surface area contributed by atoms with E-state index >= 15 is 0 Å². The minimum absolute atomic E-state index is 0.485. The highest BCUT2D eigenvalue weighted by atomic mass is 14.5. The molecule has 3 aliphatic carbocycles. The molecule has 5 atom stereocenters. The standard InChI is InChI=1S/C29H50/c1-22(2)11-7-8-12-25-13-9-10-14-26-15-17-28(25,5)18-16-27-20-24(19-23(3)4)21-29(26,27)6/h16,22,24-26H,3,7-15,17-21H2,1-2,4-6H3/b27-16-. The van der Waals surface area contributed by atoms with E-state index in [1.807, 2.05) is 5.57 Å². The van der Waals surface area contributed by atoms with E-state index in [0.717, 1.165) is 23.7 Å². The fourth-order valence-electron chi connectivity index (χ4n) is 7.41. The van der Waals surface area contributed by atoms with Crippen molar-refractivity contribution in [3.05, 3.63) is 23.8 Å². The first kappa shape index (κ1) is 23.1. The van der Waals surface area contributed by atoms with E-state index in [-0.39, 0.29) is 0 Å². The zero-order valence-electron chi connectivity index (χ0n) is 20.5. The summed E-state index contributed by atoms with van der Waals surface area (Å²) in [5, 5.41) is 0. The van der Waals surface area contributed by atoms with Crippen molar-refractivity contribution in [2.45, 2.75) is 125 Å². The van der Waals surface area contributed by atoms with Gasteiger partial charge in [-0.05, 0) is 99.2 Å². The number of rotatable bonds is 7. The van der Waals surface area contributed by atoms with Gasteiger partial charge in [-0.1, -0.05) is 77.0 Å². The first-order chi connectivity index (χ1) is 13.7. The number of hydrogen-bond donors (Lipinski definition) is 0. The summed E-state index contributed by atoms with van der Waals surface area (Å²) < 4.78 is 0. The molecule has 5 unspecified atom stereocenters. The minimum Gasteiger partial charge on any atom is -0.100 e. The van der Waals surface area contributed by atoms with Crippen LogP contribution >= 0.6 is 0 Å². The van der Waals surface area contributed by atoms with Crippen molar-refractivity contribution in [2.75, 3.05) is 0 Å². The van der Waals surface area contributed by atoms with Gasteiger partial charge in [-0.3, -0.25) is 0 Å². The maximum atomic E-state index is 4.23. The first-order valence-electron chi connectivity index (χ1n) is 13.1. The maximum absolute atomic E-state index is 4.23. The zero-order valence-corrected chi connectivity index (χ0v) is 20.5. The van der Waals surface area contributed by atoms with Gasteiger partial charge in [0.25, 0.3) is 0 Å². The molecule has 0 spiro atoms. The summed E-state index contributed by atoms with van der Waals surface area (Å²) in [6.45, 7) is 16.5. The molecule has 3 aliphatic rings. The van der Waals surface area contributed by atoms with Crippen LogP contribution in [-0.4, -0.2) is 0 Å². The minimum atomic E-state index is 0.485. The Morgan fingerprint density at radius 3 is 2.62 bits per heavy atom. The fourth-order valence-corrected chi connectivity index (χ4v) is 7.41. The van der Waals surface area contributed by atoms with E-state index in [1.165, 1.54) is 95.5 Å². The second-order valence-electron chi connectivity index (χ2n) is 12.3. The molecule has 0 amide bonds. The predicted octanol–water partition coefficient (Wildman–Crippen LogP) is 9.51. The molecule has 0 N–H and O–H groups in total. The highest BCUT2D eigenvalue weighted by Crippen LogP contribution is 2.58. The van der Waals surface area contributed by atoms with Gasteiger partial charge in [0.1, 0.15) is 0 Å². The van der Waals surface area contributed by atoms with Crippen LogP contribution in [0.1, 0.15) is 125 Å². The van der Waals surface area contributed by atoms with Gasteiger partial charge in [-0.15, -0.1) is 6.58 Å². The summed E-state index contributed by atoms with van der Waals surface area (Å²) in [5.41, 5.74) is 4.26. The third-order valence-corrected chi connectivity index (χ3v) is 9.30. The molecule has 166 valence electrons. The van der Waals surface area contributed by atoms with Crippen LogP contribution in [0.2, 0.25) is 0 Å². The molecule has 29 heavy (non-hydrogen) atoms. The van der Waals surface area contributed by atoms with Crippen LogP contribution in [0.5, 0.6) is 0 Å². The van der Waals surface area contributed by atoms with Gasteiger partial charge in [0.2, 0.25) is 0 Å². The molecule has 0 aliphatic heterocycles. The van der Waals surface area contributed by atoms with Crippen molar-refractivity contribution in [1.29, 1.82) is 0 Å². The Hall–Kier alpha value is -0.520. The summed E-state index contributed by atoms with van der Waals surface area (Å²) in [7, 11) is 0. The first-order valence-corrected chi connectivity index (χ1v) is 13.1. The number of hydrogen-bond acceptors (Lipinski definition) is 0. The van der Waals surface area contributed by atoms with E-state index in [1.54, 1.807) is 0 Å². The molecule has 2 saturated carbocycles. The summed E-state index contributed by atoms with van der Waals surface area (Å²) in [5.74, 6) is 3.58. The molecule has 0 heterocycles. The van der Waals surface area contributed by atoms with Crippen LogP contribution in [0.3, 0.4) is 0 Å². The van der Waals surface area contributed by atoms with Gasteiger partial charge in [-0.2, -0.15) is 0 Å². The third-order valence-electron chi connectivity index (χ3n) is 9.30. The second-order valence-corrected chi connectivity index (χ2v) is 12.3. The third kappa shape index (κ3) is 5.59. The molecule has 0 aromatic carbocycles. The molecule has 2 fully saturated rings. The van der Waals surface area contributed by atoms with E-state index in [4.69, 9.17) is 0 Å². The Morgan fingerprint density at radius 2 is 1.90 bits per heavy atom. The highest BCUT2D eigenvalue weighted by Gasteiger charge is 2.47. The van der Waals surface area contributed by atoms with Gasteiger partial charge in [-0.25, -0.2) is 0 Å². The van der Waals surface area contributed by atoms with Crippen molar-refractivity contribution >= 4 is 0 Å². The second kappa shape index (κ2) is 9.74. The molecule has 0 saturated heterocycles. The molecular weight excluding hydrogens is 348 g/mol. The predicted molar refractivity (Wildman–Crippen MR) is 129 cm³/mol. The van der Waals surface area contributed by atoms with Crippen LogP contribution < -0.4 is 0 Å². The number of allylic oxidation sites excluding steroid dienone is 3. The topological polar surface area (TPSA) is 0 Å². The maximum Gasteiger partial charge on any atom is -0.00852 e. The zero-order chi connectivity index (χ0) is 21.1. The van der Waals surface area contributed by atoms with Crippen LogP contribution in [0.25, 0.3) is 0 Å². The molecule has 0 nitrogen and oxygen atoms in total. The van der Waals surface area contributed by atoms with Gasteiger partial charge < -0.3 is 0 Å². The smallest absolute Gasteiger partial charge is 0.00852 e. The van der Waals surface area contributed by atoms with Crippen molar-refractivity contribution in [3.8, 4) is 0 Å². The quantitative estimate of drug-likeness (QED) is 0.296. The molecule has 0 aromatic heterocycles. The highest BCUT2D eigenvalue weighted by molar-refractivity contribution is 5.24. The van der Waals surface area contributed by atoms with Crippen LogP contribution in [-0.2, 0) is 0 Å². The molecule has 2 bridgehead atoms. The van der Waals surface area contributed by atoms with Crippen molar-refractivity contribution < 1.29 is 0 Å². The number of fused-ring (bicyclic) bond motifs is 5. The average molecular weight is 399 g/mol. The number of unbranched alkanes of at least 4 members (excludes halogenated alkanes) is 1. The Labute approximate surface area is 183 Å². The largest absolute Gasteiger partial charge is 0.100 e. The van der Waals surface area contributed by atoms with Crippen LogP contribution in [0.15, 0.2) is 23.8 Å². The summed E-state index contributed by atoms with van der Waals surface area (Å²) in [6.07, 6.45) is 22.8. The molecule has 0 aromatic rings. The van der Waals surface area contributed by atoms with Crippen molar-refractivity contribution in [2.24, 2.45) is 34.5 Å². The molecule has 0 heteroatoms. The van der Waals surface area contributed by atoms with E-state index < -0.39 is 0 Å². The molecule has 3 rings (SSSR count). The summed E-state index contributed by atoms with van der Waals surface area (Å²) in [6, 6.07) is 0. The van der Waals surface area contributed by atoms with Gasteiger partial charge in [0, 0.05) is 0 Å². The van der Waals surface area contributed by atoms with E-state index in [2.05, 4.69) is 47.3 Å². The van der Waals surface area contributed by atoms with Gasteiger partial charge in [0.15, 0.2) is 0 Å². The Balaban J connectivity index is 1.77. The van der Waals surface area contributed by atoms with Crippen molar-refractivity contribution in [3.63, 3.8) is 0 Å².